The first-order chi connectivity index (χ1) is 13.4. The largest absolute Gasteiger partial charge is 0.372 e. The average Bonchev–Trinajstić information content (AvgIpc) is 2.66. The van der Waals surface area contributed by atoms with Crippen molar-refractivity contribution in [1.82, 2.24) is 14.9 Å². The molecule has 1 amide bonds. The van der Waals surface area contributed by atoms with Crippen LogP contribution in [0.5, 0.6) is 0 Å². The molecule has 6 nitrogen and oxygen atoms in total. The third-order valence-electron chi connectivity index (χ3n) is 5.46. The standard InChI is InChI=1S/C22H28N4O2/c1-14-5-7-18(8-6-14)22(27)25-10-9-20-19(13-25)21(24-17(4)23-20)26-11-15(2)28-16(3)12-26/h5-8,15-16H,9-13H2,1-4H3. The van der Waals surface area contributed by atoms with E-state index in [1.54, 1.807) is 0 Å². The SMILES string of the molecule is Cc1ccc(C(=O)N2CCc3nc(C)nc(N4CC(C)OC(C)C4)c3C2)cc1. The Balaban J connectivity index is 1.63. The Morgan fingerprint density at radius 3 is 2.43 bits per heavy atom. The normalized spacial score (nSPS) is 22.1. The first-order valence-corrected chi connectivity index (χ1v) is 10.0. The molecule has 1 fully saturated rings. The van der Waals surface area contributed by atoms with E-state index in [9.17, 15) is 4.79 Å². The van der Waals surface area contributed by atoms with Gasteiger partial charge in [0, 0.05) is 37.2 Å². The molecule has 2 unspecified atom stereocenters. The fraction of sp³-hybridized carbons (Fsp3) is 0.500. The van der Waals surface area contributed by atoms with Gasteiger partial charge in [0.2, 0.25) is 0 Å². The number of morpholine rings is 1. The molecule has 3 heterocycles. The second kappa shape index (κ2) is 7.51. The van der Waals surface area contributed by atoms with Gasteiger partial charge in [0.1, 0.15) is 11.6 Å². The minimum Gasteiger partial charge on any atom is -0.372 e. The lowest BCUT2D eigenvalue weighted by Gasteiger charge is -2.38. The van der Waals surface area contributed by atoms with E-state index in [2.05, 4.69) is 23.7 Å². The molecule has 2 aliphatic rings. The van der Waals surface area contributed by atoms with E-state index in [0.717, 1.165) is 53.5 Å². The van der Waals surface area contributed by atoms with Crippen LogP contribution < -0.4 is 4.90 Å². The molecule has 2 atom stereocenters. The number of nitrogens with zero attached hydrogens (tertiary/aromatic N) is 4. The Hall–Kier alpha value is -2.47. The Morgan fingerprint density at radius 2 is 1.75 bits per heavy atom. The number of amides is 1. The minimum absolute atomic E-state index is 0.0703. The van der Waals surface area contributed by atoms with Crippen LogP contribution >= 0.6 is 0 Å². The maximum atomic E-state index is 13.0. The quantitative estimate of drug-likeness (QED) is 0.802. The van der Waals surface area contributed by atoms with Crippen molar-refractivity contribution in [3.8, 4) is 0 Å². The van der Waals surface area contributed by atoms with Crippen molar-refractivity contribution in [2.45, 2.75) is 52.9 Å². The lowest BCUT2D eigenvalue weighted by atomic mass is 10.0. The molecule has 2 aromatic rings. The number of aromatic nitrogens is 2. The molecule has 0 radical (unpaired) electrons. The van der Waals surface area contributed by atoms with Crippen molar-refractivity contribution in [3.63, 3.8) is 0 Å². The molecular weight excluding hydrogens is 352 g/mol. The average molecular weight is 380 g/mol. The van der Waals surface area contributed by atoms with Crippen LogP contribution in [0.25, 0.3) is 0 Å². The van der Waals surface area contributed by atoms with Crippen LogP contribution in [0, 0.1) is 13.8 Å². The number of rotatable bonds is 2. The number of hydrogen-bond acceptors (Lipinski definition) is 5. The number of carbonyl (C=O) groups is 1. The third-order valence-corrected chi connectivity index (χ3v) is 5.46. The van der Waals surface area contributed by atoms with Gasteiger partial charge in [-0.05, 0) is 39.8 Å². The van der Waals surface area contributed by atoms with Crippen molar-refractivity contribution in [3.05, 3.63) is 52.5 Å². The van der Waals surface area contributed by atoms with Gasteiger partial charge in [0.15, 0.2) is 0 Å². The Labute approximate surface area is 166 Å². The molecule has 1 saturated heterocycles. The summed E-state index contributed by atoms with van der Waals surface area (Å²) in [6.45, 7) is 11.0. The van der Waals surface area contributed by atoms with Crippen LogP contribution in [0.2, 0.25) is 0 Å². The number of hydrogen-bond donors (Lipinski definition) is 0. The third kappa shape index (κ3) is 3.74. The van der Waals surface area contributed by atoms with Crippen LogP contribution in [0.4, 0.5) is 5.82 Å². The molecule has 28 heavy (non-hydrogen) atoms. The number of aryl methyl sites for hydroxylation is 2. The van der Waals surface area contributed by atoms with E-state index in [1.807, 2.05) is 43.0 Å². The number of carbonyl (C=O) groups excluding carboxylic acids is 1. The predicted octanol–water partition coefficient (Wildman–Crippen LogP) is 2.91. The molecule has 4 rings (SSSR count). The Morgan fingerprint density at radius 1 is 1.07 bits per heavy atom. The van der Waals surface area contributed by atoms with E-state index in [0.29, 0.717) is 13.1 Å². The number of ether oxygens (including phenoxy) is 1. The summed E-state index contributed by atoms with van der Waals surface area (Å²) in [5.74, 6) is 1.82. The van der Waals surface area contributed by atoms with Gasteiger partial charge in [-0.3, -0.25) is 4.79 Å². The molecule has 0 bridgehead atoms. The van der Waals surface area contributed by atoms with E-state index < -0.39 is 0 Å². The molecule has 1 aromatic carbocycles. The highest BCUT2D eigenvalue weighted by atomic mass is 16.5. The van der Waals surface area contributed by atoms with Gasteiger partial charge in [0.05, 0.1) is 24.4 Å². The lowest BCUT2D eigenvalue weighted by Crippen LogP contribution is -2.47. The van der Waals surface area contributed by atoms with Crippen molar-refractivity contribution < 1.29 is 9.53 Å². The van der Waals surface area contributed by atoms with Gasteiger partial charge in [-0.25, -0.2) is 9.97 Å². The van der Waals surface area contributed by atoms with Gasteiger partial charge in [-0.2, -0.15) is 0 Å². The van der Waals surface area contributed by atoms with Crippen molar-refractivity contribution in [2.75, 3.05) is 24.5 Å². The molecular formula is C22H28N4O2. The molecule has 6 heteroatoms. The maximum absolute atomic E-state index is 13.0. The zero-order valence-electron chi connectivity index (χ0n) is 17.1. The van der Waals surface area contributed by atoms with Crippen LogP contribution in [-0.4, -0.2) is 52.6 Å². The van der Waals surface area contributed by atoms with Gasteiger partial charge in [-0.1, -0.05) is 17.7 Å². The number of benzene rings is 1. The summed E-state index contributed by atoms with van der Waals surface area (Å²) in [7, 11) is 0. The lowest BCUT2D eigenvalue weighted by molar-refractivity contribution is -0.00560. The summed E-state index contributed by atoms with van der Waals surface area (Å²) < 4.78 is 5.89. The molecule has 0 saturated carbocycles. The fourth-order valence-electron chi connectivity index (χ4n) is 4.18. The van der Waals surface area contributed by atoms with Gasteiger partial charge >= 0.3 is 0 Å². The fourth-order valence-corrected chi connectivity index (χ4v) is 4.18. The van der Waals surface area contributed by atoms with Crippen molar-refractivity contribution >= 4 is 11.7 Å². The summed E-state index contributed by atoms with van der Waals surface area (Å²) >= 11 is 0. The maximum Gasteiger partial charge on any atom is 0.254 e. The highest BCUT2D eigenvalue weighted by Crippen LogP contribution is 2.29. The minimum atomic E-state index is 0.0703. The molecule has 0 N–H and O–H groups in total. The summed E-state index contributed by atoms with van der Waals surface area (Å²) in [5.41, 5.74) is 4.04. The van der Waals surface area contributed by atoms with Crippen LogP contribution in [-0.2, 0) is 17.7 Å². The van der Waals surface area contributed by atoms with E-state index in [-0.39, 0.29) is 18.1 Å². The first-order valence-electron chi connectivity index (χ1n) is 10.0. The van der Waals surface area contributed by atoms with Crippen molar-refractivity contribution in [2.24, 2.45) is 0 Å². The second-order valence-electron chi connectivity index (χ2n) is 8.02. The van der Waals surface area contributed by atoms with E-state index in [1.165, 1.54) is 0 Å². The van der Waals surface area contributed by atoms with Gasteiger partial charge in [0.25, 0.3) is 5.91 Å². The summed E-state index contributed by atoms with van der Waals surface area (Å²) in [6.07, 6.45) is 1.07. The highest BCUT2D eigenvalue weighted by molar-refractivity contribution is 5.94. The zero-order valence-corrected chi connectivity index (χ0v) is 17.1. The van der Waals surface area contributed by atoms with E-state index >= 15 is 0 Å². The number of anilines is 1. The van der Waals surface area contributed by atoms with Crippen LogP contribution in [0.15, 0.2) is 24.3 Å². The molecule has 148 valence electrons. The smallest absolute Gasteiger partial charge is 0.254 e. The zero-order chi connectivity index (χ0) is 19.8. The van der Waals surface area contributed by atoms with E-state index in [4.69, 9.17) is 9.72 Å². The Bertz CT molecular complexity index is 871. The molecule has 0 spiro atoms. The number of fused-ring (bicyclic) bond motifs is 1. The van der Waals surface area contributed by atoms with Crippen LogP contribution in [0.1, 0.15) is 46.9 Å². The first kappa shape index (κ1) is 18.9. The van der Waals surface area contributed by atoms with Gasteiger partial charge < -0.3 is 14.5 Å². The molecule has 1 aromatic heterocycles. The monoisotopic (exact) mass is 380 g/mol. The summed E-state index contributed by atoms with van der Waals surface area (Å²) in [4.78, 5) is 26.7. The topological polar surface area (TPSA) is 58.6 Å². The predicted molar refractivity (Wildman–Crippen MR) is 109 cm³/mol. The van der Waals surface area contributed by atoms with Crippen molar-refractivity contribution in [1.29, 1.82) is 0 Å². The summed E-state index contributed by atoms with van der Waals surface area (Å²) in [6, 6.07) is 7.79. The highest BCUT2D eigenvalue weighted by Gasteiger charge is 2.30. The van der Waals surface area contributed by atoms with Gasteiger partial charge in [-0.15, -0.1) is 0 Å². The summed E-state index contributed by atoms with van der Waals surface area (Å²) in [5, 5.41) is 0. The van der Waals surface area contributed by atoms with Crippen LogP contribution in [0.3, 0.4) is 0 Å². The molecule has 0 aliphatic carbocycles. The molecule has 2 aliphatic heterocycles. The second-order valence-corrected chi connectivity index (χ2v) is 8.02. The Kier molecular flexibility index (Phi) is 5.06.